The summed E-state index contributed by atoms with van der Waals surface area (Å²) in [5.41, 5.74) is 3.46. The molecule has 236 valence electrons. The molecule has 0 aliphatic heterocycles. The highest BCUT2D eigenvalue weighted by Crippen LogP contribution is 2.53. The number of aromatic nitrogens is 4. The van der Waals surface area contributed by atoms with Crippen molar-refractivity contribution in [3.8, 4) is 5.75 Å². The molecule has 3 aromatic rings. The van der Waals surface area contributed by atoms with Crippen LogP contribution in [-0.2, 0) is 44.3 Å². The lowest BCUT2D eigenvalue weighted by molar-refractivity contribution is -0.364. The molecule has 0 unspecified atom stereocenters. The first-order valence-corrected chi connectivity index (χ1v) is 14.8. The van der Waals surface area contributed by atoms with E-state index >= 15 is 0 Å². The highest BCUT2D eigenvalue weighted by atomic mass is 32.2. The fourth-order valence-electron chi connectivity index (χ4n) is 3.20. The van der Waals surface area contributed by atoms with Crippen molar-refractivity contribution in [2.24, 2.45) is 0 Å². The van der Waals surface area contributed by atoms with E-state index in [-0.39, 0.29) is 25.7 Å². The van der Waals surface area contributed by atoms with Gasteiger partial charge in [0.2, 0.25) is 19.5 Å². The van der Waals surface area contributed by atoms with E-state index in [1.54, 1.807) is 19.2 Å². The summed E-state index contributed by atoms with van der Waals surface area (Å²) in [7, 11) is -3.93. The third-order valence-electron chi connectivity index (χ3n) is 5.06. The van der Waals surface area contributed by atoms with Crippen LogP contribution >= 0.6 is 19.4 Å². The average molecular weight is 648 g/mol. The second-order valence-corrected chi connectivity index (χ2v) is 10.6. The Morgan fingerprint density at radius 2 is 1.58 bits per heavy atom. The number of rotatable bonds is 16. The Labute approximate surface area is 248 Å². The number of benzene rings is 1. The molecule has 0 aliphatic carbocycles. The van der Waals surface area contributed by atoms with Crippen LogP contribution in [0, 0.1) is 0 Å². The van der Waals surface area contributed by atoms with Gasteiger partial charge in [-0.05, 0) is 38.1 Å². The van der Waals surface area contributed by atoms with Crippen molar-refractivity contribution in [3.63, 3.8) is 0 Å². The van der Waals surface area contributed by atoms with Crippen molar-refractivity contribution in [1.82, 2.24) is 19.5 Å². The van der Waals surface area contributed by atoms with E-state index in [0.717, 1.165) is 4.90 Å². The van der Waals surface area contributed by atoms with Crippen molar-refractivity contribution in [2.45, 2.75) is 36.0 Å². The van der Waals surface area contributed by atoms with E-state index in [9.17, 15) is 23.9 Å². The predicted octanol–water partition coefficient (Wildman–Crippen LogP) is 2.67. The zero-order valence-corrected chi connectivity index (χ0v) is 24.9. The first kappa shape index (κ1) is 33.8. The molecule has 0 bridgehead atoms. The van der Waals surface area contributed by atoms with Crippen molar-refractivity contribution < 1.29 is 61.8 Å². The summed E-state index contributed by atoms with van der Waals surface area (Å²) in [4.78, 5) is 56.8. The molecule has 0 saturated carbocycles. The van der Waals surface area contributed by atoms with Gasteiger partial charge in [-0.15, -0.1) is 0 Å². The zero-order valence-electron chi connectivity index (χ0n) is 23.2. The molecule has 20 heteroatoms. The van der Waals surface area contributed by atoms with E-state index in [4.69, 9.17) is 24.7 Å². The maximum absolute atomic E-state index is 12.5. The summed E-state index contributed by atoms with van der Waals surface area (Å²) in [6, 6.07) is 7.23. The summed E-state index contributed by atoms with van der Waals surface area (Å²) in [5, 5.41) is 0.454. The summed E-state index contributed by atoms with van der Waals surface area (Å²) >= 11 is 1.28. The molecule has 0 radical (unpaired) electrons. The summed E-state index contributed by atoms with van der Waals surface area (Å²) < 4.78 is 53.0. The van der Waals surface area contributed by atoms with E-state index < -0.39 is 45.8 Å². The first-order chi connectivity index (χ1) is 20.5. The normalized spacial score (nSPS) is 11.7. The molecular formula is C23H30N5O13PS. The van der Waals surface area contributed by atoms with Gasteiger partial charge < -0.3 is 48.5 Å². The van der Waals surface area contributed by atoms with Gasteiger partial charge in [-0.2, -0.15) is 4.98 Å². The molecule has 2 aromatic heterocycles. The maximum Gasteiger partial charge on any atom is 0.510 e. The number of nitrogens with two attached hydrogens (primary N) is 1. The smallest absolute Gasteiger partial charge is 0.497 e. The van der Waals surface area contributed by atoms with Crippen LogP contribution in [0.2, 0.25) is 0 Å². The molecule has 0 amide bonds. The van der Waals surface area contributed by atoms with Gasteiger partial charge in [0.25, 0.3) is 0 Å². The Morgan fingerprint density at radius 1 is 0.977 bits per heavy atom. The fraction of sp³-hybridized carbons (Fsp3) is 0.435. The van der Waals surface area contributed by atoms with Gasteiger partial charge in [0.05, 0.1) is 33.3 Å². The predicted molar refractivity (Wildman–Crippen MR) is 146 cm³/mol. The van der Waals surface area contributed by atoms with Crippen LogP contribution in [0.3, 0.4) is 0 Å². The van der Waals surface area contributed by atoms with Crippen LogP contribution < -0.4 is 10.5 Å². The number of imidazole rings is 1. The molecule has 0 fully saturated rings. The summed E-state index contributed by atoms with van der Waals surface area (Å²) in [6.45, 7) is 0.248. The zero-order chi connectivity index (χ0) is 31.5. The fourth-order valence-corrected chi connectivity index (χ4v) is 4.77. The summed E-state index contributed by atoms with van der Waals surface area (Å²) in [5.74, 6) is 0.634. The number of hydrogen-bond acceptors (Lipinski definition) is 16. The van der Waals surface area contributed by atoms with Gasteiger partial charge in [-0.25, -0.2) is 19.6 Å². The number of carbonyl (C=O) groups is 2. The van der Waals surface area contributed by atoms with Crippen LogP contribution in [0.1, 0.15) is 13.8 Å². The number of fused-ring (bicyclic) bond motifs is 1. The molecule has 43 heavy (non-hydrogen) atoms. The number of hydrogen-bond donors (Lipinski definition) is 3. The third kappa shape index (κ3) is 9.39. The van der Waals surface area contributed by atoms with Crippen LogP contribution in [0.25, 0.3) is 11.2 Å². The number of methoxy groups -OCH3 is 1. The van der Waals surface area contributed by atoms with Crippen molar-refractivity contribution in [3.05, 3.63) is 30.6 Å². The van der Waals surface area contributed by atoms with Gasteiger partial charge >= 0.3 is 25.6 Å². The standard InChI is InChI=1S/C23H30N5O13PS/c1-4-35-21(29)37-13-40-23(42(31,32)33,41-14-38-22(30)36-5-2)39-11-10-28-12-25-17-18(28)26-20(24)27-19(17)43-16-8-6-15(34-3)7-9-16/h6-9,12H,4-5,10-11,13-14H2,1-3H3,(H2,24,26,27)(H2,31,32,33). The topological polar surface area (TPSA) is 235 Å². The molecule has 2 heterocycles. The number of carbonyl (C=O) groups excluding carboxylic acids is 2. The molecule has 1 aromatic carbocycles. The molecule has 3 rings (SSSR count). The minimum Gasteiger partial charge on any atom is -0.497 e. The third-order valence-corrected chi connectivity index (χ3v) is 7.14. The lowest BCUT2D eigenvalue weighted by Gasteiger charge is -2.32. The molecule has 18 nitrogen and oxygen atoms in total. The Morgan fingerprint density at radius 3 is 2.12 bits per heavy atom. The Kier molecular flexibility index (Phi) is 12.3. The van der Waals surface area contributed by atoms with Crippen LogP contribution in [0.15, 0.2) is 40.5 Å². The van der Waals surface area contributed by atoms with E-state index in [1.165, 1.54) is 36.5 Å². The van der Waals surface area contributed by atoms with Crippen molar-refractivity contribution in [1.29, 1.82) is 0 Å². The Balaban J connectivity index is 1.78. The number of nitrogens with zero attached hydrogens (tertiary/aromatic N) is 4. The SMILES string of the molecule is CCOC(=O)OCOC(OCCn1cnc2c(Sc3ccc(OC)cc3)nc(N)nc21)(OCOC(=O)OCC)P(=O)(O)O. The van der Waals surface area contributed by atoms with Gasteiger partial charge in [0.1, 0.15) is 16.3 Å². The molecule has 0 atom stereocenters. The minimum absolute atomic E-state index is 0.0316. The van der Waals surface area contributed by atoms with Crippen molar-refractivity contribution >= 4 is 48.8 Å². The van der Waals surface area contributed by atoms with Gasteiger partial charge in [-0.1, -0.05) is 11.8 Å². The van der Waals surface area contributed by atoms with E-state index in [0.29, 0.717) is 21.9 Å². The monoisotopic (exact) mass is 647 g/mol. The molecule has 0 aliphatic rings. The average Bonchev–Trinajstić information content (AvgIpc) is 3.35. The molecule has 0 spiro atoms. The lowest BCUT2D eigenvalue weighted by Crippen LogP contribution is -2.41. The quantitative estimate of drug-likeness (QED) is 0.0876. The highest BCUT2D eigenvalue weighted by Gasteiger charge is 2.53. The van der Waals surface area contributed by atoms with E-state index in [1.807, 2.05) is 12.1 Å². The van der Waals surface area contributed by atoms with Gasteiger partial charge in [0, 0.05) is 11.4 Å². The highest BCUT2D eigenvalue weighted by molar-refractivity contribution is 7.99. The minimum atomic E-state index is -5.49. The largest absolute Gasteiger partial charge is 0.510 e. The molecule has 4 N–H and O–H groups in total. The van der Waals surface area contributed by atoms with E-state index in [2.05, 4.69) is 33.9 Å². The second kappa shape index (κ2) is 15.7. The second-order valence-electron chi connectivity index (χ2n) is 7.87. The number of nitrogen functional groups attached to an aromatic ring is 1. The summed E-state index contributed by atoms with van der Waals surface area (Å²) in [6.07, 6.45) is -0.972. The maximum atomic E-state index is 12.5. The first-order valence-electron chi connectivity index (χ1n) is 12.4. The Hall–Kier alpha value is -3.71. The lowest BCUT2D eigenvalue weighted by atomic mass is 10.3. The van der Waals surface area contributed by atoms with Crippen LogP contribution in [0.5, 0.6) is 5.75 Å². The van der Waals surface area contributed by atoms with Crippen molar-refractivity contribution in [2.75, 3.05) is 46.2 Å². The Bertz CT molecular complexity index is 1390. The number of ether oxygens (including phenoxy) is 8. The molecular weight excluding hydrogens is 617 g/mol. The van der Waals surface area contributed by atoms with Crippen LogP contribution in [-0.4, -0.2) is 87.8 Å². The van der Waals surface area contributed by atoms with Crippen LogP contribution in [0.4, 0.5) is 15.5 Å². The van der Waals surface area contributed by atoms with Gasteiger partial charge in [0.15, 0.2) is 5.65 Å². The number of anilines is 1. The van der Waals surface area contributed by atoms with Gasteiger partial charge in [-0.3, -0.25) is 14.0 Å². The molecule has 0 saturated heterocycles.